The molecule has 0 spiro atoms. The first-order chi connectivity index (χ1) is 38.1. The van der Waals surface area contributed by atoms with Gasteiger partial charge in [-0.05, 0) is 190 Å². The van der Waals surface area contributed by atoms with Crippen molar-refractivity contribution in [3.8, 4) is 82.2 Å². The first-order valence-electron chi connectivity index (χ1n) is 27.6. The Morgan fingerprint density at radius 3 is 1.45 bits per heavy atom. The molecule has 3 aromatic heterocycles. The molecule has 0 saturated carbocycles. The molecule has 13 aromatic rings. The molecule has 10 aromatic carbocycles. The normalized spacial score (nSPS) is 16.2. The van der Waals surface area contributed by atoms with E-state index in [1.54, 1.807) is 0 Å². The van der Waals surface area contributed by atoms with Gasteiger partial charge in [-0.2, -0.15) is 0 Å². The largest absolute Gasteiger partial charge is 0.309 e. The summed E-state index contributed by atoms with van der Waals surface area (Å²) in [6, 6.07) is 87.6. The lowest BCUT2D eigenvalue weighted by Gasteiger charge is -2.35. The maximum Gasteiger partial charge on any atom is 0.0547 e. The number of para-hydroxylation sites is 1. The second kappa shape index (κ2) is 16.8. The quantitative estimate of drug-likeness (QED) is 0.156. The molecule has 0 N–H and O–H groups in total. The van der Waals surface area contributed by atoms with Crippen molar-refractivity contribution in [2.75, 3.05) is 0 Å². The van der Waals surface area contributed by atoms with Gasteiger partial charge < -0.3 is 4.57 Å². The minimum atomic E-state index is -0.153. The van der Waals surface area contributed by atoms with Gasteiger partial charge in [0.25, 0.3) is 0 Å². The maximum absolute atomic E-state index is 2.58. The molecule has 3 heterocycles. The van der Waals surface area contributed by atoms with E-state index in [-0.39, 0.29) is 16.7 Å². The van der Waals surface area contributed by atoms with E-state index in [0.717, 1.165) is 0 Å². The zero-order chi connectivity index (χ0) is 52.2. The molecule has 0 bridgehead atoms. The van der Waals surface area contributed by atoms with Gasteiger partial charge in [0.05, 0.1) is 11.0 Å². The monoisotopic (exact) mass is 1030 g/mol. The van der Waals surface area contributed by atoms with Gasteiger partial charge in [0.2, 0.25) is 0 Å². The number of fused-ring (bicyclic) bond motifs is 13. The maximum atomic E-state index is 2.58. The number of aromatic nitrogens is 1. The Bertz CT molecular complexity index is 4570. The molecule has 3 aliphatic rings. The third-order valence-corrected chi connectivity index (χ3v) is 20.6. The Kier molecular flexibility index (Phi) is 9.89. The third kappa shape index (κ3) is 6.71. The van der Waals surface area contributed by atoms with Gasteiger partial charge >= 0.3 is 0 Å². The van der Waals surface area contributed by atoms with E-state index in [2.05, 4.69) is 270 Å². The van der Waals surface area contributed by atoms with E-state index in [1.807, 2.05) is 22.7 Å². The van der Waals surface area contributed by atoms with E-state index >= 15 is 0 Å². The van der Waals surface area contributed by atoms with Crippen molar-refractivity contribution in [1.29, 1.82) is 0 Å². The predicted octanol–water partition coefficient (Wildman–Crippen LogP) is 21.3. The Balaban J connectivity index is 0.782. The van der Waals surface area contributed by atoms with E-state index < -0.39 is 0 Å². The second-order valence-corrected chi connectivity index (χ2v) is 25.4. The fraction of sp³-hybridized carbons (Fsp3) is 0.120. The molecule has 372 valence electrons. The van der Waals surface area contributed by atoms with Gasteiger partial charge in [-0.15, -0.1) is 22.7 Å². The summed E-state index contributed by atoms with van der Waals surface area (Å²) in [6.45, 7) is 12.1. The summed E-state index contributed by atoms with van der Waals surface area (Å²) in [6.07, 6.45) is 0. The Labute approximate surface area is 464 Å². The lowest BCUT2D eigenvalue weighted by Crippen LogP contribution is -2.19. The van der Waals surface area contributed by atoms with Gasteiger partial charge in [-0.25, -0.2) is 0 Å². The predicted molar refractivity (Wildman–Crippen MR) is 333 cm³/mol. The van der Waals surface area contributed by atoms with Crippen LogP contribution in [-0.2, 0) is 10.8 Å². The molecule has 78 heavy (non-hydrogen) atoms. The van der Waals surface area contributed by atoms with Crippen molar-refractivity contribution in [3.05, 3.63) is 269 Å². The summed E-state index contributed by atoms with van der Waals surface area (Å²) in [5.41, 5.74) is 29.0. The van der Waals surface area contributed by atoms with Gasteiger partial charge in [-0.3, -0.25) is 0 Å². The molecule has 3 heteroatoms. The molecule has 0 amide bonds. The van der Waals surface area contributed by atoms with Crippen LogP contribution in [0.2, 0.25) is 0 Å². The average molecular weight is 1030 g/mol. The van der Waals surface area contributed by atoms with Gasteiger partial charge in [-0.1, -0.05) is 186 Å². The van der Waals surface area contributed by atoms with Crippen molar-refractivity contribution in [2.45, 2.75) is 57.3 Å². The van der Waals surface area contributed by atoms with Crippen LogP contribution in [0.25, 0.3) is 113 Å². The van der Waals surface area contributed by atoms with Crippen LogP contribution in [0, 0.1) is 0 Å². The average Bonchev–Trinajstić information content (AvgIpc) is 3.70. The van der Waals surface area contributed by atoms with Crippen LogP contribution in [-0.4, -0.2) is 4.57 Å². The van der Waals surface area contributed by atoms with Crippen LogP contribution in [0.4, 0.5) is 0 Å². The molecule has 0 fully saturated rings. The summed E-state index contributed by atoms with van der Waals surface area (Å²) in [4.78, 5) is 2.63. The fourth-order valence-corrected chi connectivity index (χ4v) is 16.6. The zero-order valence-corrected chi connectivity index (χ0v) is 46.0. The highest BCUT2D eigenvalue weighted by Gasteiger charge is 2.41. The standard InChI is InChI=1S/C75H55NS2/c1-44-53-30-28-50(34-56(53)57-39-65-58(38-62(57)73(44)47-22-14-8-15-23-47)54-31-26-48(36-63(54)74(65,2)3)45-18-10-6-11-19-45)69-42-71-72(77-69)43-70(78-71)51-29-33-67-60(35-51)61-40-66-59(41-68(61)76(67)52-24-16-9-17-25-52)55-32-27-49(37-64(55)75(66,4)5)46-20-12-7-13-21-46/h6-44,73H,1-5H3. The van der Waals surface area contributed by atoms with E-state index in [1.165, 1.54) is 152 Å². The number of thiophene rings is 2. The Hall–Kier alpha value is -8.34. The van der Waals surface area contributed by atoms with Crippen LogP contribution in [0.1, 0.15) is 85.4 Å². The highest BCUT2D eigenvalue weighted by Crippen LogP contribution is 2.58. The molecular weight excluding hydrogens is 979 g/mol. The number of rotatable bonds is 6. The summed E-state index contributed by atoms with van der Waals surface area (Å²) in [5.74, 6) is 0.556. The molecule has 16 rings (SSSR count). The fourth-order valence-electron chi connectivity index (χ4n) is 14.2. The molecule has 2 atom stereocenters. The van der Waals surface area contributed by atoms with Crippen molar-refractivity contribution < 1.29 is 0 Å². The van der Waals surface area contributed by atoms with E-state index in [9.17, 15) is 0 Å². The first-order valence-corrected chi connectivity index (χ1v) is 29.2. The third-order valence-electron chi connectivity index (χ3n) is 18.2. The SMILES string of the molecule is CC1c2ccc(-c3cc4sc(-c5ccc6c(c5)c5cc7c(cc5n6-c5ccccc5)-c5ccc(-c6ccccc6)cc5C7(C)C)cc4s3)cc2-c2cc3c(cc2C1c1ccccc1)-c1ccc(-c2ccccc2)cc1C3(C)C. The molecule has 3 aliphatic carbocycles. The van der Waals surface area contributed by atoms with Gasteiger partial charge in [0, 0.05) is 52.4 Å². The summed E-state index contributed by atoms with van der Waals surface area (Å²) in [5, 5.41) is 2.59. The summed E-state index contributed by atoms with van der Waals surface area (Å²) >= 11 is 3.85. The number of nitrogens with zero attached hydrogens (tertiary/aromatic N) is 1. The Morgan fingerprint density at radius 1 is 0.346 bits per heavy atom. The number of benzene rings is 10. The minimum absolute atomic E-state index is 0.149. The zero-order valence-electron chi connectivity index (χ0n) is 44.4. The van der Waals surface area contributed by atoms with Crippen molar-refractivity contribution in [3.63, 3.8) is 0 Å². The van der Waals surface area contributed by atoms with E-state index in [0.29, 0.717) is 5.92 Å². The van der Waals surface area contributed by atoms with Crippen molar-refractivity contribution in [1.82, 2.24) is 4.57 Å². The minimum Gasteiger partial charge on any atom is -0.309 e. The van der Waals surface area contributed by atoms with Crippen LogP contribution >= 0.6 is 22.7 Å². The Morgan fingerprint density at radius 2 is 0.833 bits per heavy atom. The molecule has 0 radical (unpaired) electrons. The van der Waals surface area contributed by atoms with Gasteiger partial charge in [0.1, 0.15) is 0 Å². The number of hydrogen-bond donors (Lipinski definition) is 0. The smallest absolute Gasteiger partial charge is 0.0547 e. The summed E-state index contributed by atoms with van der Waals surface area (Å²) < 4.78 is 5.16. The van der Waals surface area contributed by atoms with Crippen molar-refractivity contribution >= 4 is 53.9 Å². The van der Waals surface area contributed by atoms with Crippen LogP contribution < -0.4 is 0 Å². The lowest BCUT2D eigenvalue weighted by atomic mass is 9.68. The van der Waals surface area contributed by atoms with Crippen LogP contribution in [0.5, 0.6) is 0 Å². The highest BCUT2D eigenvalue weighted by molar-refractivity contribution is 7.31. The lowest BCUT2D eigenvalue weighted by molar-refractivity contribution is 0.643. The van der Waals surface area contributed by atoms with Crippen LogP contribution in [0.3, 0.4) is 0 Å². The number of hydrogen-bond acceptors (Lipinski definition) is 2. The molecule has 2 unspecified atom stereocenters. The van der Waals surface area contributed by atoms with Gasteiger partial charge in [0.15, 0.2) is 0 Å². The van der Waals surface area contributed by atoms with E-state index in [4.69, 9.17) is 0 Å². The highest BCUT2D eigenvalue weighted by atomic mass is 32.1. The molecular formula is C75H55NS2. The molecule has 1 nitrogen and oxygen atoms in total. The summed E-state index contributed by atoms with van der Waals surface area (Å²) in [7, 11) is 0. The topological polar surface area (TPSA) is 4.93 Å². The first kappa shape index (κ1) is 45.8. The second-order valence-electron chi connectivity index (χ2n) is 23.2. The molecule has 0 aliphatic heterocycles. The van der Waals surface area contributed by atoms with Crippen LogP contribution in [0.15, 0.2) is 231 Å². The van der Waals surface area contributed by atoms with Crippen molar-refractivity contribution in [2.24, 2.45) is 0 Å². The molecule has 0 saturated heterocycles.